The number of nitrogens with zero attached hydrogens (tertiary/aromatic N) is 3. The molecule has 2 aromatic rings. The van der Waals surface area contributed by atoms with Crippen LogP contribution in [-0.2, 0) is 0 Å². The second-order valence-corrected chi connectivity index (χ2v) is 3.40. The molecule has 12 heavy (non-hydrogen) atoms. The maximum Gasteiger partial charge on any atom is 0.143 e. The number of hydrogen-bond acceptors (Lipinski definition) is 2. The van der Waals surface area contributed by atoms with Crippen LogP contribution in [0.1, 0.15) is 0 Å². The van der Waals surface area contributed by atoms with Gasteiger partial charge >= 0.3 is 0 Å². The van der Waals surface area contributed by atoms with E-state index < -0.39 is 0 Å². The summed E-state index contributed by atoms with van der Waals surface area (Å²) in [5, 5.41) is 8.26. The minimum atomic E-state index is 0.899. The van der Waals surface area contributed by atoms with E-state index in [-0.39, 0.29) is 0 Å². The Balaban J connectivity index is 2.45. The number of rotatable bonds is 1. The highest BCUT2D eigenvalue weighted by Gasteiger charge is 1.97. The van der Waals surface area contributed by atoms with Crippen LogP contribution in [0.2, 0.25) is 0 Å². The zero-order chi connectivity index (χ0) is 8.39. The summed E-state index contributed by atoms with van der Waals surface area (Å²) in [6.07, 6.45) is 1.73. The summed E-state index contributed by atoms with van der Waals surface area (Å²) in [6.45, 7) is 0. The minimum Gasteiger partial charge on any atom is -0.156 e. The first-order chi connectivity index (χ1) is 5.86. The molecule has 1 aromatic heterocycles. The van der Waals surface area contributed by atoms with Crippen molar-refractivity contribution >= 4 is 22.6 Å². The van der Waals surface area contributed by atoms with Gasteiger partial charge in [-0.15, -0.1) is 5.10 Å². The summed E-state index contributed by atoms with van der Waals surface area (Å²) in [7, 11) is 0. The lowest BCUT2D eigenvalue weighted by atomic mass is 10.3. The molecule has 0 aliphatic heterocycles. The third-order valence-electron chi connectivity index (χ3n) is 1.45. The Morgan fingerprint density at radius 2 is 1.92 bits per heavy atom. The fourth-order valence-corrected chi connectivity index (χ4v) is 1.26. The largest absolute Gasteiger partial charge is 0.156 e. The molecule has 0 aliphatic rings. The molecule has 0 saturated carbocycles. The summed E-state index contributed by atoms with van der Waals surface area (Å²) in [4.78, 5) is 1.61. The van der Waals surface area contributed by atoms with Crippen molar-refractivity contribution in [2.24, 2.45) is 0 Å². The molecule has 0 atom stereocenters. The number of halogens is 1. The fourth-order valence-electron chi connectivity index (χ4n) is 0.930. The Morgan fingerprint density at radius 3 is 2.50 bits per heavy atom. The zero-order valence-electron chi connectivity index (χ0n) is 6.18. The molecule has 1 heterocycles. The van der Waals surface area contributed by atoms with Gasteiger partial charge in [0, 0.05) is 0 Å². The van der Waals surface area contributed by atoms with E-state index in [1.807, 2.05) is 30.3 Å². The van der Waals surface area contributed by atoms with Gasteiger partial charge in [0.05, 0.1) is 11.9 Å². The van der Waals surface area contributed by atoms with E-state index in [0.29, 0.717) is 0 Å². The maximum absolute atomic E-state index is 4.17. The molecule has 0 aliphatic carbocycles. The molecule has 0 spiro atoms. The van der Waals surface area contributed by atoms with Crippen LogP contribution in [0.5, 0.6) is 0 Å². The Bertz CT molecular complexity index is 369. The Kier molecular flexibility index (Phi) is 2.07. The van der Waals surface area contributed by atoms with Crippen LogP contribution in [-0.4, -0.2) is 15.0 Å². The van der Waals surface area contributed by atoms with E-state index in [0.717, 1.165) is 9.39 Å². The van der Waals surface area contributed by atoms with Crippen molar-refractivity contribution < 1.29 is 0 Å². The molecule has 0 bridgehead atoms. The molecule has 60 valence electrons. The smallest absolute Gasteiger partial charge is 0.143 e. The van der Waals surface area contributed by atoms with E-state index in [4.69, 9.17) is 0 Å². The normalized spacial score (nSPS) is 10.1. The Morgan fingerprint density at radius 1 is 1.17 bits per heavy atom. The van der Waals surface area contributed by atoms with E-state index in [1.54, 1.807) is 11.0 Å². The average molecular weight is 271 g/mol. The molecular weight excluding hydrogens is 265 g/mol. The molecule has 0 radical (unpaired) electrons. The van der Waals surface area contributed by atoms with Crippen molar-refractivity contribution in [1.82, 2.24) is 15.0 Å². The predicted octanol–water partition coefficient (Wildman–Crippen LogP) is 1.87. The van der Waals surface area contributed by atoms with Crippen LogP contribution in [0.4, 0.5) is 0 Å². The van der Waals surface area contributed by atoms with Crippen molar-refractivity contribution in [3.05, 3.63) is 40.2 Å². The van der Waals surface area contributed by atoms with Crippen LogP contribution < -0.4 is 0 Å². The van der Waals surface area contributed by atoms with E-state index in [1.165, 1.54) is 0 Å². The minimum absolute atomic E-state index is 0.899. The fraction of sp³-hybridized carbons (Fsp3) is 0. The first kappa shape index (κ1) is 7.72. The number of benzene rings is 1. The lowest BCUT2D eigenvalue weighted by molar-refractivity contribution is 0.747. The topological polar surface area (TPSA) is 30.7 Å². The molecule has 3 nitrogen and oxygen atoms in total. The van der Waals surface area contributed by atoms with Crippen LogP contribution >= 0.6 is 22.6 Å². The van der Waals surface area contributed by atoms with Gasteiger partial charge in [-0.05, 0) is 34.7 Å². The van der Waals surface area contributed by atoms with Crippen LogP contribution in [0, 0.1) is 3.70 Å². The second kappa shape index (κ2) is 3.22. The van der Waals surface area contributed by atoms with Crippen LogP contribution in [0.15, 0.2) is 36.5 Å². The summed E-state index contributed by atoms with van der Waals surface area (Å²) in [6, 6.07) is 9.83. The van der Waals surface area contributed by atoms with Gasteiger partial charge in [0.2, 0.25) is 0 Å². The van der Waals surface area contributed by atoms with E-state index >= 15 is 0 Å². The molecule has 4 heteroatoms. The molecule has 2 rings (SSSR count). The van der Waals surface area contributed by atoms with Crippen molar-refractivity contribution in [2.45, 2.75) is 0 Å². The van der Waals surface area contributed by atoms with Gasteiger partial charge < -0.3 is 0 Å². The van der Waals surface area contributed by atoms with Crippen molar-refractivity contribution in [3.8, 4) is 5.69 Å². The van der Waals surface area contributed by atoms with Crippen molar-refractivity contribution in [2.75, 3.05) is 0 Å². The van der Waals surface area contributed by atoms with E-state index in [9.17, 15) is 0 Å². The first-order valence-corrected chi connectivity index (χ1v) is 4.57. The first-order valence-electron chi connectivity index (χ1n) is 3.49. The summed E-state index contributed by atoms with van der Waals surface area (Å²) in [5.74, 6) is 0. The third-order valence-corrected chi connectivity index (χ3v) is 1.95. The molecule has 0 saturated heterocycles. The van der Waals surface area contributed by atoms with Crippen molar-refractivity contribution in [3.63, 3.8) is 0 Å². The SMILES string of the molecule is Ic1cnn(-c2ccccc2)n1. The molecule has 0 unspecified atom stereocenters. The zero-order valence-corrected chi connectivity index (χ0v) is 8.34. The second-order valence-electron chi connectivity index (χ2n) is 2.29. The highest BCUT2D eigenvalue weighted by Crippen LogP contribution is 2.04. The van der Waals surface area contributed by atoms with Gasteiger partial charge in [-0.25, -0.2) is 0 Å². The predicted molar refractivity (Wildman–Crippen MR) is 54.1 cm³/mol. The molecule has 0 N–H and O–H groups in total. The van der Waals surface area contributed by atoms with Crippen LogP contribution in [0.25, 0.3) is 5.69 Å². The molecule has 0 fully saturated rings. The van der Waals surface area contributed by atoms with Crippen molar-refractivity contribution in [1.29, 1.82) is 0 Å². The van der Waals surface area contributed by atoms with Gasteiger partial charge in [-0.1, -0.05) is 18.2 Å². The standard InChI is InChI=1S/C8H6IN3/c9-8-6-10-12(11-8)7-4-2-1-3-5-7/h1-6H. The Hall–Kier alpha value is -0.910. The van der Waals surface area contributed by atoms with Gasteiger partial charge in [0.15, 0.2) is 0 Å². The summed E-state index contributed by atoms with van der Waals surface area (Å²) >= 11 is 2.13. The lowest BCUT2D eigenvalue weighted by Crippen LogP contribution is -1.97. The summed E-state index contributed by atoms with van der Waals surface area (Å²) in [5.41, 5.74) is 0.986. The van der Waals surface area contributed by atoms with Gasteiger partial charge in [0.25, 0.3) is 0 Å². The van der Waals surface area contributed by atoms with Gasteiger partial charge in [-0.2, -0.15) is 9.90 Å². The Labute approximate surface area is 83.5 Å². The number of para-hydroxylation sites is 1. The van der Waals surface area contributed by atoms with Gasteiger partial charge in [0.1, 0.15) is 3.70 Å². The number of hydrogen-bond donors (Lipinski definition) is 0. The average Bonchev–Trinajstić information content (AvgIpc) is 2.54. The van der Waals surface area contributed by atoms with Crippen LogP contribution in [0.3, 0.4) is 0 Å². The summed E-state index contributed by atoms with van der Waals surface area (Å²) < 4.78 is 0.899. The molecular formula is C8H6IN3. The monoisotopic (exact) mass is 271 g/mol. The highest BCUT2D eigenvalue weighted by molar-refractivity contribution is 14.1. The highest BCUT2D eigenvalue weighted by atomic mass is 127. The molecule has 1 aromatic carbocycles. The maximum atomic E-state index is 4.17. The quantitative estimate of drug-likeness (QED) is 0.741. The third kappa shape index (κ3) is 1.47. The number of aromatic nitrogens is 3. The molecule has 0 amide bonds. The van der Waals surface area contributed by atoms with E-state index in [2.05, 4.69) is 32.8 Å². The van der Waals surface area contributed by atoms with Gasteiger partial charge in [-0.3, -0.25) is 0 Å². The lowest BCUT2D eigenvalue weighted by Gasteiger charge is -1.95.